The molecule has 206 valence electrons. The summed E-state index contributed by atoms with van der Waals surface area (Å²) in [5.41, 5.74) is 2.63. The minimum absolute atomic E-state index is 0.00996. The van der Waals surface area contributed by atoms with Gasteiger partial charge in [-0.2, -0.15) is 8.42 Å². The van der Waals surface area contributed by atoms with Crippen molar-refractivity contribution in [2.75, 3.05) is 29.8 Å². The largest absolute Gasteiger partial charge is 0.497 e. The molecule has 3 aromatic carbocycles. The van der Waals surface area contributed by atoms with E-state index in [0.29, 0.717) is 23.5 Å². The number of alkyl halides is 1. The number of hydrogen-bond acceptors (Lipinski definition) is 8. The van der Waals surface area contributed by atoms with Gasteiger partial charge in [-0.3, -0.25) is 24.6 Å². The van der Waals surface area contributed by atoms with Gasteiger partial charge in [-0.05, 0) is 47.9 Å². The van der Waals surface area contributed by atoms with Gasteiger partial charge in [-0.1, -0.05) is 42.5 Å². The number of anilines is 2. The zero-order chi connectivity index (χ0) is 28.2. The normalized spacial score (nSPS) is 18.0. The average Bonchev–Trinajstić information content (AvgIpc) is 2.92. The second-order valence-electron chi connectivity index (χ2n) is 9.40. The van der Waals surface area contributed by atoms with Crippen LogP contribution in [0, 0.1) is 0 Å². The molecule has 0 heterocycles. The Labute approximate surface area is 226 Å². The molecule has 0 aromatic heterocycles. The lowest BCUT2D eigenvalue weighted by Crippen LogP contribution is -2.44. The smallest absolute Gasteiger partial charge is 0.266 e. The lowest BCUT2D eigenvalue weighted by molar-refractivity contribution is 0.225. The Kier molecular flexibility index (Phi) is 8.34. The van der Waals surface area contributed by atoms with E-state index >= 15 is 4.39 Å². The molecule has 0 aliphatic heterocycles. The van der Waals surface area contributed by atoms with Gasteiger partial charge in [0.05, 0.1) is 25.1 Å². The number of hydrazine groups is 1. The van der Waals surface area contributed by atoms with E-state index in [0.717, 1.165) is 17.2 Å². The summed E-state index contributed by atoms with van der Waals surface area (Å²) in [6, 6.07) is 15.0. The number of para-hydroxylation sites is 1. The first-order valence-electron chi connectivity index (χ1n) is 12.3. The number of hydrogen-bond donors (Lipinski definition) is 3. The van der Waals surface area contributed by atoms with Crippen molar-refractivity contribution >= 4 is 21.5 Å². The first kappa shape index (κ1) is 28.2. The molecule has 1 aliphatic rings. The topological polar surface area (TPSA) is 125 Å². The van der Waals surface area contributed by atoms with E-state index in [-0.39, 0.29) is 24.7 Å². The Hall–Kier alpha value is -3.80. The highest BCUT2D eigenvalue weighted by Crippen LogP contribution is 2.39. The van der Waals surface area contributed by atoms with Crippen LogP contribution in [0.3, 0.4) is 0 Å². The van der Waals surface area contributed by atoms with E-state index in [2.05, 4.69) is 10.7 Å². The molecule has 2 atom stereocenters. The first-order valence-corrected chi connectivity index (χ1v) is 13.9. The first-order chi connectivity index (χ1) is 18.5. The number of rotatable bonds is 12. The van der Waals surface area contributed by atoms with Crippen LogP contribution in [-0.2, 0) is 22.3 Å². The fraction of sp³-hybridized carbons (Fsp3) is 0.286. The van der Waals surface area contributed by atoms with Gasteiger partial charge in [0.25, 0.3) is 15.5 Å². The number of benzene rings is 2. The molecular formula is C28H30FN3O6S. The summed E-state index contributed by atoms with van der Waals surface area (Å²) in [7, 11) is -2.76. The molecule has 0 spiro atoms. The molecule has 0 saturated carbocycles. The minimum atomic E-state index is -4.30. The Bertz CT molecular complexity index is 1580. The zero-order valence-corrected chi connectivity index (χ0v) is 22.4. The molecule has 1 aliphatic carbocycles. The van der Waals surface area contributed by atoms with Crippen LogP contribution in [0.25, 0.3) is 0 Å². The van der Waals surface area contributed by atoms with Crippen molar-refractivity contribution in [3.8, 4) is 5.75 Å². The SMILES string of the molecule is COc1cccc(C2(F)C=CC=C([C@H](C)NCc3ccccc3NN(CCS(=O)(=O)O)c3cc(=O)c3=O)C2)c1. The Morgan fingerprint density at radius 3 is 2.62 bits per heavy atom. The summed E-state index contributed by atoms with van der Waals surface area (Å²) >= 11 is 0. The van der Waals surface area contributed by atoms with Gasteiger partial charge >= 0.3 is 0 Å². The van der Waals surface area contributed by atoms with Crippen molar-refractivity contribution in [1.29, 1.82) is 0 Å². The number of halogens is 1. The highest BCUT2D eigenvalue weighted by atomic mass is 32.2. The van der Waals surface area contributed by atoms with Crippen LogP contribution in [-0.4, -0.2) is 38.4 Å². The molecule has 3 aromatic rings. The van der Waals surface area contributed by atoms with Crippen molar-refractivity contribution < 1.29 is 22.1 Å². The molecule has 0 fully saturated rings. The second-order valence-corrected chi connectivity index (χ2v) is 11.0. The highest BCUT2D eigenvalue weighted by molar-refractivity contribution is 7.85. The van der Waals surface area contributed by atoms with E-state index in [4.69, 9.17) is 4.74 Å². The van der Waals surface area contributed by atoms with Crippen LogP contribution in [0.1, 0.15) is 24.5 Å². The van der Waals surface area contributed by atoms with Gasteiger partial charge in [-0.15, -0.1) is 0 Å². The third-order valence-corrected chi connectivity index (χ3v) is 7.40. The van der Waals surface area contributed by atoms with E-state index in [9.17, 15) is 22.6 Å². The van der Waals surface area contributed by atoms with E-state index in [1.165, 1.54) is 5.01 Å². The molecule has 4 rings (SSSR count). The molecule has 0 saturated heterocycles. The lowest BCUT2D eigenvalue weighted by Gasteiger charge is -2.30. The summed E-state index contributed by atoms with van der Waals surface area (Å²) < 4.78 is 53.0. The van der Waals surface area contributed by atoms with E-state index in [1.807, 2.05) is 25.1 Å². The van der Waals surface area contributed by atoms with Gasteiger partial charge in [0.15, 0.2) is 5.67 Å². The van der Waals surface area contributed by atoms with Crippen molar-refractivity contribution in [2.45, 2.75) is 31.6 Å². The van der Waals surface area contributed by atoms with Gasteiger partial charge in [-0.25, -0.2) is 4.39 Å². The number of nitrogens with zero attached hydrogens (tertiary/aromatic N) is 1. The van der Waals surface area contributed by atoms with Gasteiger partial charge < -0.3 is 10.1 Å². The predicted molar refractivity (Wildman–Crippen MR) is 149 cm³/mol. The maximum Gasteiger partial charge on any atom is 0.266 e. The van der Waals surface area contributed by atoms with Gasteiger partial charge in [0, 0.05) is 25.1 Å². The summed E-state index contributed by atoms with van der Waals surface area (Å²) in [6.07, 6.45) is 5.31. The minimum Gasteiger partial charge on any atom is -0.497 e. The van der Waals surface area contributed by atoms with E-state index in [1.54, 1.807) is 55.7 Å². The van der Waals surface area contributed by atoms with Gasteiger partial charge in [0.1, 0.15) is 11.4 Å². The number of allylic oxidation sites excluding steroid dienone is 3. The number of nitrogens with one attached hydrogen (secondary N) is 2. The fourth-order valence-corrected chi connectivity index (χ4v) is 4.80. The van der Waals surface area contributed by atoms with Crippen molar-refractivity contribution in [1.82, 2.24) is 5.32 Å². The maximum absolute atomic E-state index is 16.0. The zero-order valence-electron chi connectivity index (χ0n) is 21.6. The molecular weight excluding hydrogens is 525 g/mol. The number of ether oxygens (including phenoxy) is 1. The van der Waals surface area contributed by atoms with Crippen molar-refractivity contribution in [3.63, 3.8) is 0 Å². The molecule has 39 heavy (non-hydrogen) atoms. The molecule has 11 heteroatoms. The summed E-state index contributed by atoms with van der Waals surface area (Å²) in [4.78, 5) is 23.5. The summed E-state index contributed by atoms with van der Waals surface area (Å²) in [5.74, 6) is -0.0606. The van der Waals surface area contributed by atoms with Crippen LogP contribution in [0.5, 0.6) is 5.75 Å². The maximum atomic E-state index is 16.0. The summed E-state index contributed by atoms with van der Waals surface area (Å²) in [5, 5.41) is 4.64. The Balaban J connectivity index is 1.46. The Morgan fingerprint density at radius 1 is 1.15 bits per heavy atom. The lowest BCUT2D eigenvalue weighted by atomic mass is 9.83. The van der Waals surface area contributed by atoms with Crippen LogP contribution in [0.15, 0.2) is 88.0 Å². The van der Waals surface area contributed by atoms with E-state index < -0.39 is 32.4 Å². The predicted octanol–water partition coefficient (Wildman–Crippen LogP) is 3.24. The highest BCUT2D eigenvalue weighted by Gasteiger charge is 2.33. The van der Waals surface area contributed by atoms with Crippen LogP contribution in [0.4, 0.5) is 15.8 Å². The molecule has 9 nitrogen and oxygen atoms in total. The average molecular weight is 556 g/mol. The van der Waals surface area contributed by atoms with Crippen molar-refractivity contribution in [2.24, 2.45) is 0 Å². The Morgan fingerprint density at radius 2 is 1.92 bits per heavy atom. The standard InChI is InChI=1S/C28H30FN3O6S/c1-19(20-8-6-12-28(29,17-20)22-9-5-10-23(15-22)38-2)30-18-21-7-3-4-11-24(21)31-32(13-14-39(35,36)37)25-16-26(33)27(25)34/h3-12,15-16,19,30-31H,13-14,17-18H2,1-2H3,(H,35,36,37)/t19-,28?/m0/s1. The van der Waals surface area contributed by atoms with Crippen LogP contribution < -0.4 is 31.3 Å². The quantitative estimate of drug-likeness (QED) is 0.175. The van der Waals surface area contributed by atoms with Crippen LogP contribution in [0.2, 0.25) is 0 Å². The molecule has 0 radical (unpaired) electrons. The fourth-order valence-electron chi connectivity index (χ4n) is 4.39. The molecule has 3 N–H and O–H groups in total. The third kappa shape index (κ3) is 6.80. The summed E-state index contributed by atoms with van der Waals surface area (Å²) in [6.45, 7) is 2.04. The monoisotopic (exact) mass is 555 g/mol. The van der Waals surface area contributed by atoms with Crippen LogP contribution >= 0.6 is 0 Å². The molecule has 1 unspecified atom stereocenters. The van der Waals surface area contributed by atoms with Crippen molar-refractivity contribution in [3.05, 3.63) is 110 Å². The number of methoxy groups -OCH3 is 1. The third-order valence-electron chi connectivity index (χ3n) is 6.70. The molecule has 0 bridgehead atoms. The molecule has 0 amide bonds. The second kappa shape index (κ2) is 11.5. The van der Waals surface area contributed by atoms with Gasteiger partial charge in [0.2, 0.25) is 5.43 Å².